The highest BCUT2D eigenvalue weighted by Crippen LogP contribution is 2.24. The molecule has 1 unspecified atom stereocenters. The van der Waals surface area contributed by atoms with Crippen LogP contribution < -0.4 is 5.32 Å². The summed E-state index contributed by atoms with van der Waals surface area (Å²) in [5.41, 5.74) is 0.124. The van der Waals surface area contributed by atoms with Crippen LogP contribution in [0.3, 0.4) is 0 Å². The number of carbonyl (C=O) groups is 1. The monoisotopic (exact) mass is 264 g/mol. The number of ether oxygens (including phenoxy) is 1. The van der Waals surface area contributed by atoms with E-state index in [0.717, 1.165) is 18.5 Å². The second kappa shape index (κ2) is 7.26. The van der Waals surface area contributed by atoms with Crippen LogP contribution in [0.1, 0.15) is 18.9 Å². The van der Waals surface area contributed by atoms with Gasteiger partial charge in [-0.2, -0.15) is 0 Å². The van der Waals surface area contributed by atoms with Crippen LogP contribution in [0.15, 0.2) is 30.3 Å². The molecule has 0 amide bonds. The minimum atomic E-state index is -0.810. The number of esters is 1. The topological polar surface area (TPSA) is 41.6 Å². The minimum Gasteiger partial charge on any atom is -0.467 e. The fourth-order valence-corrected chi connectivity index (χ4v) is 2.21. The van der Waals surface area contributed by atoms with E-state index in [2.05, 4.69) is 12.2 Å². The predicted molar refractivity (Wildman–Crippen MR) is 77.0 cm³/mol. The van der Waals surface area contributed by atoms with E-state index >= 15 is 0 Å². The Balaban J connectivity index is 3.21. The zero-order valence-corrected chi connectivity index (χ0v) is 12.3. The van der Waals surface area contributed by atoms with Crippen molar-refractivity contribution in [2.24, 2.45) is 0 Å². The zero-order chi connectivity index (χ0) is 14.3. The van der Waals surface area contributed by atoms with Gasteiger partial charge in [0.05, 0.1) is 7.11 Å². The number of hydrogen-bond acceptors (Lipinski definition) is 4. The van der Waals surface area contributed by atoms with Gasteiger partial charge >= 0.3 is 5.97 Å². The Hall–Kier alpha value is -1.39. The maximum Gasteiger partial charge on any atom is 0.332 e. The molecular weight excluding hydrogens is 240 g/mol. The summed E-state index contributed by atoms with van der Waals surface area (Å²) in [4.78, 5) is 14.4. The van der Waals surface area contributed by atoms with Crippen molar-refractivity contribution in [3.8, 4) is 0 Å². The molecule has 0 aromatic heterocycles. The van der Waals surface area contributed by atoms with Crippen molar-refractivity contribution < 1.29 is 9.53 Å². The van der Waals surface area contributed by atoms with Gasteiger partial charge in [-0.3, -0.25) is 5.32 Å². The van der Waals surface area contributed by atoms with E-state index in [1.54, 1.807) is 0 Å². The third kappa shape index (κ3) is 3.78. The summed E-state index contributed by atoms with van der Waals surface area (Å²) >= 11 is 0. The second-order valence-corrected chi connectivity index (χ2v) is 4.93. The standard InChI is InChI=1S/C15H24N2O2/c1-5-11-16-15(12-17(2)3,14(18)19-4)13-9-7-6-8-10-13/h6-10,16H,5,11-12H2,1-4H3. The van der Waals surface area contributed by atoms with Gasteiger partial charge in [0, 0.05) is 6.54 Å². The lowest BCUT2D eigenvalue weighted by Crippen LogP contribution is -2.56. The number of likely N-dealkylation sites (N-methyl/N-ethyl adjacent to an activating group) is 1. The average molecular weight is 264 g/mol. The SMILES string of the molecule is CCCNC(CN(C)C)(C(=O)OC)c1ccccc1. The molecule has 0 fully saturated rings. The first-order valence-electron chi connectivity index (χ1n) is 6.60. The van der Waals surface area contributed by atoms with E-state index in [-0.39, 0.29) is 5.97 Å². The lowest BCUT2D eigenvalue weighted by atomic mass is 9.89. The summed E-state index contributed by atoms with van der Waals surface area (Å²) in [6.45, 7) is 3.40. The van der Waals surface area contributed by atoms with Gasteiger partial charge < -0.3 is 9.64 Å². The number of carbonyl (C=O) groups excluding carboxylic acids is 1. The molecule has 0 spiro atoms. The average Bonchev–Trinajstić information content (AvgIpc) is 2.43. The van der Waals surface area contributed by atoms with Gasteiger partial charge in [0.2, 0.25) is 0 Å². The van der Waals surface area contributed by atoms with Crippen LogP contribution in [-0.4, -0.2) is 45.2 Å². The number of methoxy groups -OCH3 is 1. The Morgan fingerprint density at radius 3 is 2.42 bits per heavy atom. The molecule has 19 heavy (non-hydrogen) atoms. The summed E-state index contributed by atoms with van der Waals surface area (Å²) in [5.74, 6) is -0.249. The molecule has 1 aromatic carbocycles. The molecule has 1 atom stereocenters. The van der Waals surface area contributed by atoms with Crippen molar-refractivity contribution in [3.05, 3.63) is 35.9 Å². The van der Waals surface area contributed by atoms with Crippen molar-refractivity contribution in [1.82, 2.24) is 10.2 Å². The van der Waals surface area contributed by atoms with Gasteiger partial charge in [-0.05, 0) is 32.6 Å². The fourth-order valence-electron chi connectivity index (χ4n) is 2.21. The zero-order valence-electron chi connectivity index (χ0n) is 12.3. The van der Waals surface area contributed by atoms with Crippen molar-refractivity contribution in [2.45, 2.75) is 18.9 Å². The molecule has 0 saturated heterocycles. The molecule has 0 saturated carbocycles. The predicted octanol–water partition coefficient (Wildman–Crippen LogP) is 1.62. The molecule has 0 heterocycles. The first kappa shape index (κ1) is 15.7. The summed E-state index contributed by atoms with van der Waals surface area (Å²) in [6.07, 6.45) is 0.957. The Kier molecular flexibility index (Phi) is 5.99. The second-order valence-electron chi connectivity index (χ2n) is 4.93. The highest BCUT2D eigenvalue weighted by molar-refractivity contribution is 5.83. The molecule has 106 valence electrons. The van der Waals surface area contributed by atoms with Crippen molar-refractivity contribution in [1.29, 1.82) is 0 Å². The van der Waals surface area contributed by atoms with Gasteiger partial charge in [0.15, 0.2) is 5.54 Å². The Morgan fingerprint density at radius 2 is 1.95 bits per heavy atom. The van der Waals surface area contributed by atoms with Crippen molar-refractivity contribution >= 4 is 5.97 Å². The molecule has 1 aromatic rings. The van der Waals surface area contributed by atoms with E-state index in [1.165, 1.54) is 7.11 Å². The lowest BCUT2D eigenvalue weighted by molar-refractivity contribution is -0.150. The van der Waals surface area contributed by atoms with E-state index in [1.807, 2.05) is 49.3 Å². The maximum absolute atomic E-state index is 12.4. The maximum atomic E-state index is 12.4. The molecule has 4 heteroatoms. The summed E-state index contributed by atoms with van der Waals surface area (Å²) in [7, 11) is 5.34. The van der Waals surface area contributed by atoms with Crippen LogP contribution in [0.5, 0.6) is 0 Å². The number of nitrogens with zero attached hydrogens (tertiary/aromatic N) is 1. The van der Waals surface area contributed by atoms with E-state index in [4.69, 9.17) is 4.74 Å². The number of rotatable bonds is 7. The quantitative estimate of drug-likeness (QED) is 0.760. The molecule has 0 bridgehead atoms. The summed E-state index contributed by atoms with van der Waals surface area (Å²) in [6, 6.07) is 9.75. The van der Waals surface area contributed by atoms with Gasteiger partial charge in [0.1, 0.15) is 0 Å². The van der Waals surface area contributed by atoms with Gasteiger partial charge in [0.25, 0.3) is 0 Å². The van der Waals surface area contributed by atoms with Crippen LogP contribution in [-0.2, 0) is 15.1 Å². The summed E-state index contributed by atoms with van der Waals surface area (Å²) < 4.78 is 5.04. The molecule has 1 rings (SSSR count). The van der Waals surface area contributed by atoms with Gasteiger partial charge in [-0.25, -0.2) is 4.79 Å². The van der Waals surface area contributed by atoms with Crippen molar-refractivity contribution in [3.63, 3.8) is 0 Å². The molecule has 0 aliphatic heterocycles. The van der Waals surface area contributed by atoms with Crippen molar-refractivity contribution in [2.75, 3.05) is 34.3 Å². The Morgan fingerprint density at radius 1 is 1.32 bits per heavy atom. The van der Waals surface area contributed by atoms with E-state index in [0.29, 0.717) is 6.54 Å². The largest absolute Gasteiger partial charge is 0.467 e. The third-order valence-corrected chi connectivity index (χ3v) is 3.03. The van der Waals surface area contributed by atoms with E-state index in [9.17, 15) is 4.79 Å². The fraction of sp³-hybridized carbons (Fsp3) is 0.533. The highest BCUT2D eigenvalue weighted by atomic mass is 16.5. The number of benzene rings is 1. The first-order chi connectivity index (χ1) is 9.06. The summed E-state index contributed by atoms with van der Waals surface area (Å²) in [5, 5.41) is 3.37. The normalized spacial score (nSPS) is 14.2. The first-order valence-corrected chi connectivity index (χ1v) is 6.60. The smallest absolute Gasteiger partial charge is 0.332 e. The molecule has 4 nitrogen and oxygen atoms in total. The molecular formula is C15H24N2O2. The van der Waals surface area contributed by atoms with Crippen LogP contribution >= 0.6 is 0 Å². The van der Waals surface area contributed by atoms with Crippen LogP contribution in [0.25, 0.3) is 0 Å². The number of nitrogens with one attached hydrogen (secondary N) is 1. The van der Waals surface area contributed by atoms with Gasteiger partial charge in [-0.15, -0.1) is 0 Å². The molecule has 0 radical (unpaired) electrons. The lowest BCUT2D eigenvalue weighted by Gasteiger charge is -2.35. The van der Waals surface area contributed by atoms with Crippen LogP contribution in [0.4, 0.5) is 0 Å². The molecule has 0 aliphatic carbocycles. The minimum absolute atomic E-state index is 0.249. The third-order valence-electron chi connectivity index (χ3n) is 3.03. The van der Waals surface area contributed by atoms with Crippen LogP contribution in [0.2, 0.25) is 0 Å². The Bertz CT molecular complexity index is 392. The van der Waals surface area contributed by atoms with Gasteiger partial charge in [-0.1, -0.05) is 37.3 Å². The van der Waals surface area contributed by atoms with Crippen LogP contribution in [0, 0.1) is 0 Å². The Labute approximate surface area is 115 Å². The van der Waals surface area contributed by atoms with E-state index < -0.39 is 5.54 Å². The molecule has 0 aliphatic rings. The molecule has 1 N–H and O–H groups in total. The highest BCUT2D eigenvalue weighted by Gasteiger charge is 2.41. The number of hydrogen-bond donors (Lipinski definition) is 1.